The number of nitrogens with zero attached hydrogens (tertiary/aromatic N) is 1. The van der Waals surface area contributed by atoms with Gasteiger partial charge in [-0.3, -0.25) is 4.79 Å². The van der Waals surface area contributed by atoms with E-state index in [4.69, 9.17) is 12.2 Å². The fourth-order valence-corrected chi connectivity index (χ4v) is 3.50. The normalized spacial score (nSPS) is 12.0. The van der Waals surface area contributed by atoms with Gasteiger partial charge in [0.1, 0.15) is 0 Å². The highest BCUT2D eigenvalue weighted by Crippen LogP contribution is 2.15. The van der Waals surface area contributed by atoms with Crippen LogP contribution in [-0.2, 0) is 6.54 Å². The Kier molecular flexibility index (Phi) is 6.44. The first kappa shape index (κ1) is 20.0. The summed E-state index contributed by atoms with van der Waals surface area (Å²) in [5.41, 5.74) is 3.53. The van der Waals surface area contributed by atoms with Crippen molar-refractivity contribution < 1.29 is 5.11 Å². The molecule has 0 spiro atoms. The number of aryl methyl sites for hydroxylation is 1. The Labute approximate surface area is 170 Å². The van der Waals surface area contributed by atoms with Gasteiger partial charge in [0, 0.05) is 17.6 Å². The van der Waals surface area contributed by atoms with Crippen molar-refractivity contribution in [1.82, 2.24) is 15.2 Å². The average molecular weight is 396 g/mol. The summed E-state index contributed by atoms with van der Waals surface area (Å²) in [7, 11) is 0. The number of aromatic nitrogens is 1. The Bertz CT molecular complexity index is 1020. The second-order valence-electron chi connectivity index (χ2n) is 6.94. The molecule has 0 aliphatic rings. The summed E-state index contributed by atoms with van der Waals surface area (Å²) >= 11 is 5.57. The number of benzene rings is 2. The molecular formula is C22H25N3O2S. The molecule has 6 heteroatoms. The van der Waals surface area contributed by atoms with Crippen molar-refractivity contribution in [3.8, 4) is 0 Å². The Hall–Kier alpha value is -2.70. The molecule has 0 saturated carbocycles. The number of fused-ring (bicyclic) bond motifs is 1. The molecule has 28 heavy (non-hydrogen) atoms. The number of hydrogen-bond donors (Lipinski definition) is 3. The molecule has 2 aromatic carbocycles. The molecule has 0 unspecified atom stereocenters. The van der Waals surface area contributed by atoms with Gasteiger partial charge >= 0.3 is 0 Å². The number of thiocarbonyl (C=S) groups is 1. The first-order valence-corrected chi connectivity index (χ1v) is 9.72. The monoisotopic (exact) mass is 395 g/mol. The summed E-state index contributed by atoms with van der Waals surface area (Å²) in [6.45, 7) is 4.68. The van der Waals surface area contributed by atoms with E-state index in [0.29, 0.717) is 23.8 Å². The van der Waals surface area contributed by atoms with E-state index in [1.807, 2.05) is 73.3 Å². The molecule has 3 N–H and O–H groups in total. The van der Waals surface area contributed by atoms with E-state index < -0.39 is 0 Å². The molecule has 1 aromatic heterocycles. The first-order chi connectivity index (χ1) is 13.5. The van der Waals surface area contributed by atoms with E-state index in [1.165, 1.54) is 0 Å². The van der Waals surface area contributed by atoms with E-state index in [2.05, 4.69) is 10.3 Å². The molecule has 0 fully saturated rings. The third-order valence-corrected chi connectivity index (χ3v) is 5.11. The summed E-state index contributed by atoms with van der Waals surface area (Å²) < 4.78 is 0. The van der Waals surface area contributed by atoms with Crippen molar-refractivity contribution in [3.05, 3.63) is 81.6 Å². The molecule has 0 radical (unpaired) electrons. The lowest BCUT2D eigenvalue weighted by atomic mass is 10.1. The minimum atomic E-state index is -0.141. The highest BCUT2D eigenvalue weighted by molar-refractivity contribution is 7.80. The predicted molar refractivity (Wildman–Crippen MR) is 117 cm³/mol. The fourth-order valence-electron chi connectivity index (χ4n) is 3.17. The van der Waals surface area contributed by atoms with Gasteiger partial charge in [-0.1, -0.05) is 42.0 Å². The molecule has 0 saturated heterocycles. The minimum absolute atomic E-state index is 0.0208. The van der Waals surface area contributed by atoms with Gasteiger partial charge in [-0.2, -0.15) is 0 Å². The van der Waals surface area contributed by atoms with Gasteiger partial charge in [0.25, 0.3) is 5.56 Å². The zero-order valence-electron chi connectivity index (χ0n) is 16.1. The second-order valence-corrected chi connectivity index (χ2v) is 7.33. The van der Waals surface area contributed by atoms with Crippen LogP contribution in [0.1, 0.15) is 29.7 Å². The molecule has 0 aliphatic heterocycles. The molecule has 0 amide bonds. The Morgan fingerprint density at radius 2 is 1.96 bits per heavy atom. The molecule has 5 nitrogen and oxygen atoms in total. The topological polar surface area (TPSA) is 68.4 Å². The third kappa shape index (κ3) is 4.77. The maximum atomic E-state index is 12.5. The van der Waals surface area contributed by atoms with Crippen molar-refractivity contribution in [1.29, 1.82) is 0 Å². The van der Waals surface area contributed by atoms with Crippen LogP contribution in [0, 0.1) is 6.92 Å². The quantitative estimate of drug-likeness (QED) is 0.559. The van der Waals surface area contributed by atoms with Gasteiger partial charge in [0.05, 0.1) is 19.2 Å². The van der Waals surface area contributed by atoms with E-state index in [0.717, 1.165) is 22.0 Å². The predicted octanol–water partition coefficient (Wildman–Crippen LogP) is 3.27. The van der Waals surface area contributed by atoms with Gasteiger partial charge in [-0.25, -0.2) is 0 Å². The zero-order valence-corrected chi connectivity index (χ0v) is 16.9. The van der Waals surface area contributed by atoms with Gasteiger partial charge in [0.2, 0.25) is 0 Å². The lowest BCUT2D eigenvalue weighted by Gasteiger charge is -2.27. The van der Waals surface area contributed by atoms with Gasteiger partial charge in [-0.15, -0.1) is 0 Å². The van der Waals surface area contributed by atoms with E-state index in [9.17, 15) is 9.90 Å². The van der Waals surface area contributed by atoms with Crippen LogP contribution in [0.15, 0.2) is 59.4 Å². The zero-order chi connectivity index (χ0) is 20.1. The second kappa shape index (κ2) is 8.99. The number of hydrogen-bond acceptors (Lipinski definition) is 3. The highest BCUT2D eigenvalue weighted by Gasteiger charge is 2.15. The van der Waals surface area contributed by atoms with Crippen LogP contribution in [0.3, 0.4) is 0 Å². The third-order valence-electron chi connectivity index (χ3n) is 4.73. The smallest absolute Gasteiger partial charge is 0.253 e. The van der Waals surface area contributed by atoms with Crippen molar-refractivity contribution in [2.75, 3.05) is 13.2 Å². The fraction of sp³-hybridized carbons (Fsp3) is 0.273. The molecule has 1 atom stereocenters. The van der Waals surface area contributed by atoms with E-state index >= 15 is 0 Å². The molecule has 146 valence electrons. The van der Waals surface area contributed by atoms with E-state index in [1.54, 1.807) is 0 Å². The summed E-state index contributed by atoms with van der Waals surface area (Å²) in [5.74, 6) is 0. The number of rotatable bonds is 6. The van der Waals surface area contributed by atoms with Crippen LogP contribution in [0.25, 0.3) is 10.9 Å². The molecule has 1 heterocycles. The number of aliphatic hydroxyl groups excluding tert-OH is 1. The number of H-pyrrole nitrogens is 1. The summed E-state index contributed by atoms with van der Waals surface area (Å²) in [4.78, 5) is 17.3. The van der Waals surface area contributed by atoms with Crippen LogP contribution in [0.4, 0.5) is 0 Å². The van der Waals surface area contributed by atoms with Crippen LogP contribution in [0.2, 0.25) is 0 Å². The Morgan fingerprint density at radius 1 is 1.21 bits per heavy atom. The van der Waals surface area contributed by atoms with Crippen molar-refractivity contribution >= 4 is 28.2 Å². The number of pyridine rings is 1. The van der Waals surface area contributed by atoms with Crippen molar-refractivity contribution in [2.45, 2.75) is 26.4 Å². The average Bonchev–Trinajstić information content (AvgIpc) is 2.69. The van der Waals surface area contributed by atoms with Gasteiger partial charge < -0.3 is 20.3 Å². The van der Waals surface area contributed by atoms with Crippen LogP contribution in [0.5, 0.6) is 0 Å². The van der Waals surface area contributed by atoms with Crippen molar-refractivity contribution in [3.63, 3.8) is 0 Å². The highest BCUT2D eigenvalue weighted by atomic mass is 32.1. The summed E-state index contributed by atoms with van der Waals surface area (Å²) in [6, 6.07) is 17.9. The van der Waals surface area contributed by atoms with Crippen LogP contribution < -0.4 is 10.9 Å². The Balaban J connectivity index is 1.80. The number of nitrogens with one attached hydrogen (secondary N) is 2. The molecule has 0 bridgehead atoms. The SMILES string of the molecule is Cc1ccc2[nH]c(=O)c(CN(CCO)C(=S)N[C@@H](C)c3ccccc3)cc2c1. The Morgan fingerprint density at radius 3 is 2.68 bits per heavy atom. The van der Waals surface area contributed by atoms with Crippen LogP contribution >= 0.6 is 12.2 Å². The van der Waals surface area contributed by atoms with Gasteiger partial charge in [0.15, 0.2) is 5.11 Å². The minimum Gasteiger partial charge on any atom is -0.395 e. The van der Waals surface area contributed by atoms with Gasteiger partial charge in [-0.05, 0) is 55.2 Å². The first-order valence-electron chi connectivity index (χ1n) is 9.31. The largest absolute Gasteiger partial charge is 0.395 e. The summed E-state index contributed by atoms with van der Waals surface area (Å²) in [5, 5.41) is 14.3. The molecule has 3 aromatic rings. The van der Waals surface area contributed by atoms with Crippen LogP contribution in [-0.4, -0.2) is 33.3 Å². The number of aliphatic hydroxyl groups is 1. The molecule has 0 aliphatic carbocycles. The van der Waals surface area contributed by atoms with Crippen molar-refractivity contribution in [2.24, 2.45) is 0 Å². The maximum Gasteiger partial charge on any atom is 0.253 e. The lowest BCUT2D eigenvalue weighted by molar-refractivity contribution is 0.244. The standard InChI is InChI=1S/C22H25N3O2S/c1-15-8-9-20-18(12-15)13-19(21(27)24-20)14-25(10-11-26)22(28)23-16(2)17-6-4-3-5-7-17/h3-9,12-13,16,26H,10-11,14H2,1-2H3,(H,23,28)(H,24,27)/t16-/m0/s1. The molecule has 3 rings (SSSR count). The lowest BCUT2D eigenvalue weighted by Crippen LogP contribution is -2.42. The summed E-state index contributed by atoms with van der Waals surface area (Å²) in [6.07, 6.45) is 0. The van der Waals surface area contributed by atoms with E-state index in [-0.39, 0.29) is 18.2 Å². The molecular weight excluding hydrogens is 370 g/mol. The number of aromatic amines is 1. The maximum absolute atomic E-state index is 12.5.